The molecule has 0 aliphatic carbocycles. The van der Waals surface area contributed by atoms with Crippen molar-refractivity contribution in [3.05, 3.63) is 17.8 Å². The molecule has 0 aliphatic rings. The quantitative estimate of drug-likeness (QED) is 0.473. The van der Waals surface area contributed by atoms with Gasteiger partial charge in [0.15, 0.2) is 10.8 Å². The summed E-state index contributed by atoms with van der Waals surface area (Å²) >= 11 is 1.44. The summed E-state index contributed by atoms with van der Waals surface area (Å²) in [6, 6.07) is 0. The second-order valence-electron chi connectivity index (χ2n) is 1.88. The molecule has 0 aromatic carbocycles. The summed E-state index contributed by atoms with van der Waals surface area (Å²) in [6.45, 7) is 0. The van der Waals surface area contributed by atoms with E-state index in [1.165, 1.54) is 17.4 Å². The summed E-state index contributed by atoms with van der Waals surface area (Å²) < 4.78 is 1.73. The normalized spacial score (nSPS) is 9.82. The topological polar surface area (TPSA) is 46.7 Å². The van der Waals surface area contributed by atoms with Crippen molar-refractivity contribution in [1.29, 1.82) is 0 Å². The molecular weight excluding hydrogens is 162 g/mol. The third-order valence-electron chi connectivity index (χ3n) is 1.28. The van der Waals surface area contributed by atoms with Crippen molar-refractivity contribution in [3.63, 3.8) is 0 Å². The maximum Gasteiger partial charge on any atom is 0.242 e. The smallest absolute Gasteiger partial charge is 0.242 e. The largest absolute Gasteiger partial charge is 0.274 e. The molecule has 2 heterocycles. The Hall–Kier alpha value is -1.45. The molecule has 2 aromatic heterocycles. The summed E-state index contributed by atoms with van der Waals surface area (Å²) in [4.78, 5) is 18.3. The molecule has 54 valence electrons. The molecule has 0 atom stereocenters. The fourth-order valence-corrected chi connectivity index (χ4v) is 1.61. The molecule has 0 radical (unpaired) electrons. The van der Waals surface area contributed by atoms with Gasteiger partial charge in [0.25, 0.3) is 0 Å². The highest BCUT2D eigenvalue weighted by Crippen LogP contribution is 2.20. The molecule has 2 aromatic rings. The van der Waals surface area contributed by atoms with Gasteiger partial charge in [-0.25, -0.2) is 9.78 Å². The van der Waals surface area contributed by atoms with Crippen molar-refractivity contribution in [2.75, 3.05) is 0 Å². The Morgan fingerprint density at radius 2 is 2.64 bits per heavy atom. The van der Waals surface area contributed by atoms with Gasteiger partial charge in [0.05, 0.1) is 0 Å². The van der Waals surface area contributed by atoms with Gasteiger partial charge in [0, 0.05) is 17.8 Å². The summed E-state index contributed by atoms with van der Waals surface area (Å²) in [7, 11) is 0. The van der Waals surface area contributed by atoms with Crippen molar-refractivity contribution in [3.8, 4) is 0 Å². The molecule has 0 saturated heterocycles. The van der Waals surface area contributed by atoms with Crippen LogP contribution >= 0.6 is 11.3 Å². The molecule has 5 heteroatoms. The van der Waals surface area contributed by atoms with E-state index in [4.69, 9.17) is 0 Å². The van der Waals surface area contributed by atoms with Crippen molar-refractivity contribution >= 4 is 28.2 Å². The van der Waals surface area contributed by atoms with Gasteiger partial charge in [-0.1, -0.05) is 0 Å². The van der Waals surface area contributed by atoms with E-state index in [1.807, 2.05) is 0 Å². The minimum atomic E-state index is 0.581. The van der Waals surface area contributed by atoms with Gasteiger partial charge >= 0.3 is 0 Å². The van der Waals surface area contributed by atoms with E-state index in [0.717, 1.165) is 4.96 Å². The lowest BCUT2D eigenvalue weighted by Crippen LogP contribution is -1.72. The van der Waals surface area contributed by atoms with E-state index in [2.05, 4.69) is 9.98 Å². The first-order chi connectivity index (χ1) is 5.42. The van der Waals surface area contributed by atoms with Crippen LogP contribution in [0.25, 0.3) is 4.96 Å². The van der Waals surface area contributed by atoms with Gasteiger partial charge in [-0.2, -0.15) is 0 Å². The first-order valence-electron chi connectivity index (χ1n) is 2.90. The van der Waals surface area contributed by atoms with Crippen LogP contribution in [0, 0.1) is 0 Å². The Balaban J connectivity index is 2.77. The Bertz CT molecular complexity index is 424. The maximum absolute atomic E-state index is 9.92. The first-order valence-corrected chi connectivity index (χ1v) is 3.78. The number of nitrogens with zero attached hydrogens (tertiary/aromatic N) is 3. The van der Waals surface area contributed by atoms with E-state index in [1.54, 1.807) is 22.2 Å². The number of rotatable bonds is 1. The zero-order chi connectivity index (χ0) is 7.68. The average Bonchev–Trinajstić information content (AvgIpc) is 2.53. The minimum Gasteiger partial charge on any atom is -0.274 e. The lowest BCUT2D eigenvalue weighted by molar-refractivity contribution is 0.565. The number of carbonyl (C=O) groups excluding carboxylic acids is 1. The van der Waals surface area contributed by atoms with Crippen LogP contribution in [0.2, 0.25) is 0 Å². The fraction of sp³-hybridized carbons (Fsp3) is 0. The molecule has 0 N–H and O–H groups in total. The number of aliphatic imine (C=N–C) groups is 1. The van der Waals surface area contributed by atoms with Gasteiger partial charge in [-0.15, -0.1) is 16.3 Å². The molecule has 0 unspecified atom stereocenters. The number of imidazole rings is 1. The van der Waals surface area contributed by atoms with Gasteiger partial charge in [0.2, 0.25) is 6.08 Å². The highest BCUT2D eigenvalue weighted by atomic mass is 32.1. The molecule has 0 fully saturated rings. The zero-order valence-corrected chi connectivity index (χ0v) is 6.21. The lowest BCUT2D eigenvalue weighted by atomic mass is 10.8. The van der Waals surface area contributed by atoms with E-state index in [-0.39, 0.29) is 0 Å². The van der Waals surface area contributed by atoms with Crippen LogP contribution in [0.5, 0.6) is 0 Å². The van der Waals surface area contributed by atoms with E-state index in [9.17, 15) is 4.79 Å². The molecule has 0 amide bonds. The molecular formula is C6H3N3OS. The number of isocyanates is 1. The number of fused-ring (bicyclic) bond motifs is 1. The molecule has 11 heavy (non-hydrogen) atoms. The Kier molecular flexibility index (Phi) is 1.31. The van der Waals surface area contributed by atoms with Gasteiger partial charge in [-0.05, 0) is 0 Å². The SMILES string of the molecule is O=C=Nc1csc2nccn12. The summed E-state index contributed by atoms with van der Waals surface area (Å²) in [5.41, 5.74) is 0. The van der Waals surface area contributed by atoms with Crippen LogP contribution in [0.4, 0.5) is 5.82 Å². The van der Waals surface area contributed by atoms with Crippen molar-refractivity contribution < 1.29 is 4.79 Å². The molecule has 4 nitrogen and oxygen atoms in total. The average molecular weight is 165 g/mol. The fourth-order valence-electron chi connectivity index (χ4n) is 0.840. The predicted octanol–water partition coefficient (Wildman–Crippen LogP) is 1.36. The predicted molar refractivity (Wildman–Crippen MR) is 40.9 cm³/mol. The molecule has 0 spiro atoms. The molecule has 0 saturated carbocycles. The number of thiazole rings is 1. The van der Waals surface area contributed by atoms with Crippen LogP contribution in [0.1, 0.15) is 0 Å². The Labute approximate surface area is 65.8 Å². The van der Waals surface area contributed by atoms with Crippen molar-refractivity contribution in [2.24, 2.45) is 4.99 Å². The summed E-state index contributed by atoms with van der Waals surface area (Å²) in [5, 5.41) is 1.76. The van der Waals surface area contributed by atoms with Crippen LogP contribution in [-0.2, 0) is 4.79 Å². The number of aromatic nitrogens is 2. The van der Waals surface area contributed by atoms with E-state index in [0.29, 0.717) is 5.82 Å². The van der Waals surface area contributed by atoms with Crippen molar-refractivity contribution in [2.45, 2.75) is 0 Å². The van der Waals surface area contributed by atoms with Crippen LogP contribution in [-0.4, -0.2) is 15.5 Å². The standard InChI is InChI=1S/C6H3N3OS/c10-4-8-5-3-11-6-7-1-2-9(5)6/h1-3H. The second kappa shape index (κ2) is 2.30. The van der Waals surface area contributed by atoms with Crippen LogP contribution in [0.15, 0.2) is 22.8 Å². The van der Waals surface area contributed by atoms with E-state index >= 15 is 0 Å². The molecule has 2 rings (SSSR count). The monoisotopic (exact) mass is 165 g/mol. The minimum absolute atomic E-state index is 0.581. The third kappa shape index (κ3) is 0.869. The van der Waals surface area contributed by atoms with Crippen LogP contribution in [0.3, 0.4) is 0 Å². The van der Waals surface area contributed by atoms with E-state index < -0.39 is 0 Å². The summed E-state index contributed by atoms with van der Waals surface area (Å²) in [5.74, 6) is 0.581. The van der Waals surface area contributed by atoms with Gasteiger partial charge in [0.1, 0.15) is 0 Å². The summed E-state index contributed by atoms with van der Waals surface area (Å²) in [6.07, 6.45) is 4.90. The second-order valence-corrected chi connectivity index (χ2v) is 2.71. The molecule has 0 aliphatic heterocycles. The Morgan fingerprint density at radius 1 is 1.73 bits per heavy atom. The lowest BCUT2D eigenvalue weighted by Gasteiger charge is -1.82. The van der Waals surface area contributed by atoms with Gasteiger partial charge in [-0.3, -0.25) is 4.40 Å². The third-order valence-corrected chi connectivity index (χ3v) is 2.13. The highest BCUT2D eigenvalue weighted by Gasteiger charge is 2.00. The van der Waals surface area contributed by atoms with Crippen molar-refractivity contribution in [1.82, 2.24) is 9.38 Å². The van der Waals surface area contributed by atoms with Crippen LogP contribution < -0.4 is 0 Å². The Morgan fingerprint density at radius 3 is 3.45 bits per heavy atom. The zero-order valence-electron chi connectivity index (χ0n) is 5.39. The first kappa shape index (κ1) is 6.27. The highest BCUT2D eigenvalue weighted by molar-refractivity contribution is 7.15. The van der Waals surface area contributed by atoms with Gasteiger partial charge < -0.3 is 0 Å². The molecule has 0 bridgehead atoms. The maximum atomic E-state index is 9.92. The number of hydrogen-bond donors (Lipinski definition) is 0. The number of hydrogen-bond acceptors (Lipinski definition) is 4.